The number of hydrogen-bond acceptors (Lipinski definition) is 4. The first-order chi connectivity index (χ1) is 29.3. The van der Waals surface area contributed by atoms with Gasteiger partial charge in [-0.2, -0.15) is 0 Å². The van der Waals surface area contributed by atoms with E-state index >= 15 is 0 Å². The van der Waals surface area contributed by atoms with Crippen molar-refractivity contribution in [1.29, 1.82) is 0 Å². The third-order valence-electron chi connectivity index (χ3n) is 11.4. The molecule has 12 aromatic rings. The number of aromatic nitrogens is 5. The summed E-state index contributed by atoms with van der Waals surface area (Å²) in [5.41, 5.74) is 13.7. The van der Waals surface area contributed by atoms with Crippen molar-refractivity contribution in [2.24, 2.45) is 0 Å². The normalized spacial score (nSPS) is 11.7. The van der Waals surface area contributed by atoms with Gasteiger partial charge in [-0.1, -0.05) is 140 Å². The van der Waals surface area contributed by atoms with E-state index < -0.39 is 0 Å². The monoisotopic (exact) mass is 755 g/mol. The molecule has 59 heavy (non-hydrogen) atoms. The van der Waals surface area contributed by atoms with Gasteiger partial charge in [-0.25, -0.2) is 15.0 Å². The highest BCUT2D eigenvalue weighted by Gasteiger charge is 2.23. The lowest BCUT2D eigenvalue weighted by molar-refractivity contribution is 0.622. The van der Waals surface area contributed by atoms with Gasteiger partial charge in [-0.05, 0) is 66.2 Å². The molecule has 276 valence electrons. The molecule has 0 saturated heterocycles. The van der Waals surface area contributed by atoms with Crippen molar-refractivity contribution in [2.45, 2.75) is 0 Å². The van der Waals surface area contributed by atoms with Crippen LogP contribution in [0.5, 0.6) is 0 Å². The highest BCUT2D eigenvalue weighted by Crippen LogP contribution is 2.43. The second kappa shape index (κ2) is 13.3. The lowest BCUT2D eigenvalue weighted by Crippen LogP contribution is -2.04. The molecule has 4 aromatic heterocycles. The third-order valence-corrected chi connectivity index (χ3v) is 11.4. The molecule has 4 heterocycles. The summed E-state index contributed by atoms with van der Waals surface area (Å²) in [6.07, 6.45) is 0. The quantitative estimate of drug-likeness (QED) is 0.170. The van der Waals surface area contributed by atoms with Crippen molar-refractivity contribution >= 4 is 54.7 Å². The van der Waals surface area contributed by atoms with E-state index in [1.165, 1.54) is 0 Å². The predicted molar refractivity (Wildman–Crippen MR) is 240 cm³/mol. The highest BCUT2D eigenvalue weighted by molar-refractivity contribution is 6.19. The number of fused-ring (bicyclic) bond motifs is 8. The minimum Gasteiger partial charge on any atom is -0.434 e. The summed E-state index contributed by atoms with van der Waals surface area (Å²) < 4.78 is 11.2. The molecule has 0 aliphatic heterocycles. The van der Waals surface area contributed by atoms with Crippen LogP contribution in [0.1, 0.15) is 0 Å². The second-order valence-corrected chi connectivity index (χ2v) is 14.8. The summed E-state index contributed by atoms with van der Waals surface area (Å²) in [4.78, 5) is 15.6. The van der Waals surface area contributed by atoms with Gasteiger partial charge in [0.25, 0.3) is 0 Å². The fourth-order valence-electron chi connectivity index (χ4n) is 8.71. The number of benzene rings is 8. The number of oxazole rings is 1. The van der Waals surface area contributed by atoms with Gasteiger partial charge in [0.15, 0.2) is 5.58 Å². The first-order valence-electron chi connectivity index (χ1n) is 19.8. The van der Waals surface area contributed by atoms with E-state index in [1.807, 2.05) is 42.5 Å². The van der Waals surface area contributed by atoms with E-state index in [2.05, 4.69) is 167 Å². The van der Waals surface area contributed by atoms with Crippen LogP contribution in [-0.4, -0.2) is 24.1 Å². The fraction of sp³-hybridized carbons (Fsp3) is 0. The minimum atomic E-state index is 0.604. The van der Waals surface area contributed by atoms with Gasteiger partial charge in [0.05, 0.1) is 33.5 Å². The van der Waals surface area contributed by atoms with E-state index in [9.17, 15) is 0 Å². The second-order valence-electron chi connectivity index (χ2n) is 14.8. The summed E-state index contributed by atoms with van der Waals surface area (Å²) in [5, 5.41) is 4.49. The molecule has 0 aliphatic rings. The molecular weight excluding hydrogens is 723 g/mol. The maximum atomic E-state index is 6.66. The maximum absolute atomic E-state index is 6.66. The Kier molecular flexibility index (Phi) is 7.43. The first kappa shape index (κ1) is 33.1. The molecule has 12 rings (SSSR count). The standard InChI is InChI=1S/C53H33N5O/c1-5-16-34(17-6-1)45-33-46(35-18-7-2-8-19-35)56-53(55-45)58-47-27-14-13-24-40(47)41-26-15-25-39(49(41)58)37-28-31-48-43(32-37)42-29-30-44-51(50(42)57(48)38-22-11-4-12-23-38)59-52(54-44)36-20-9-3-10-21-36/h1-33H. The van der Waals surface area contributed by atoms with E-state index in [-0.39, 0.29) is 0 Å². The summed E-state index contributed by atoms with van der Waals surface area (Å²) in [6.45, 7) is 0. The molecule has 0 atom stereocenters. The predicted octanol–water partition coefficient (Wildman–Crippen LogP) is 13.5. The van der Waals surface area contributed by atoms with Crippen molar-refractivity contribution in [3.63, 3.8) is 0 Å². The van der Waals surface area contributed by atoms with Gasteiger partial charge in [-0.3, -0.25) is 4.57 Å². The van der Waals surface area contributed by atoms with Crippen LogP contribution in [0.25, 0.3) is 111 Å². The average Bonchev–Trinajstić information content (AvgIpc) is 4.00. The summed E-state index contributed by atoms with van der Waals surface area (Å²) in [5.74, 6) is 1.22. The lowest BCUT2D eigenvalue weighted by Gasteiger charge is -2.14. The Morgan fingerprint density at radius 2 is 0.966 bits per heavy atom. The SMILES string of the molecule is c1ccc(-c2cc(-c3ccccc3)nc(-n3c4ccccc4c4cccc(-c5ccc6c(c5)c5ccc7nc(-c8ccccc8)oc7c5n6-c5ccccc5)c43)n2)cc1. The van der Waals surface area contributed by atoms with Crippen molar-refractivity contribution in [1.82, 2.24) is 24.1 Å². The summed E-state index contributed by atoms with van der Waals surface area (Å²) in [6, 6.07) is 69.6. The Morgan fingerprint density at radius 3 is 1.68 bits per heavy atom. The Labute approximate surface area is 338 Å². The fourth-order valence-corrected chi connectivity index (χ4v) is 8.71. The third kappa shape index (κ3) is 5.31. The van der Waals surface area contributed by atoms with Crippen LogP contribution >= 0.6 is 0 Å². The molecule has 0 amide bonds. The molecular formula is C53H33N5O. The molecule has 0 fully saturated rings. The molecule has 0 saturated carbocycles. The molecule has 0 unspecified atom stereocenters. The number of nitrogens with zero attached hydrogens (tertiary/aromatic N) is 5. The van der Waals surface area contributed by atoms with Gasteiger partial charge in [0.2, 0.25) is 11.8 Å². The zero-order chi connectivity index (χ0) is 38.9. The largest absolute Gasteiger partial charge is 0.434 e. The van der Waals surface area contributed by atoms with Gasteiger partial charge < -0.3 is 8.98 Å². The molecule has 0 radical (unpaired) electrons. The van der Waals surface area contributed by atoms with Gasteiger partial charge in [0, 0.05) is 49.5 Å². The van der Waals surface area contributed by atoms with Crippen LogP contribution in [0.3, 0.4) is 0 Å². The molecule has 0 bridgehead atoms. The number of hydrogen-bond donors (Lipinski definition) is 0. The Morgan fingerprint density at radius 1 is 0.373 bits per heavy atom. The Balaban J connectivity index is 1.13. The minimum absolute atomic E-state index is 0.604. The van der Waals surface area contributed by atoms with Crippen molar-refractivity contribution < 1.29 is 4.42 Å². The molecule has 0 spiro atoms. The Hall–Kier alpha value is -8.09. The van der Waals surface area contributed by atoms with E-state index in [0.29, 0.717) is 11.8 Å². The molecule has 8 aromatic carbocycles. The molecule has 6 nitrogen and oxygen atoms in total. The topological polar surface area (TPSA) is 61.7 Å². The van der Waals surface area contributed by atoms with Crippen LogP contribution < -0.4 is 0 Å². The van der Waals surface area contributed by atoms with Crippen LogP contribution in [0, 0.1) is 0 Å². The van der Waals surface area contributed by atoms with E-state index in [1.54, 1.807) is 0 Å². The van der Waals surface area contributed by atoms with Crippen LogP contribution in [0.2, 0.25) is 0 Å². The van der Waals surface area contributed by atoms with Crippen LogP contribution in [0.15, 0.2) is 205 Å². The van der Waals surface area contributed by atoms with E-state index in [4.69, 9.17) is 19.4 Å². The smallest absolute Gasteiger partial charge is 0.235 e. The molecule has 0 aliphatic carbocycles. The number of para-hydroxylation sites is 3. The maximum Gasteiger partial charge on any atom is 0.235 e. The van der Waals surface area contributed by atoms with Gasteiger partial charge in [0.1, 0.15) is 5.52 Å². The zero-order valence-corrected chi connectivity index (χ0v) is 31.7. The van der Waals surface area contributed by atoms with Gasteiger partial charge in [-0.15, -0.1) is 0 Å². The zero-order valence-electron chi connectivity index (χ0n) is 31.7. The number of rotatable bonds is 6. The van der Waals surface area contributed by atoms with E-state index in [0.717, 1.165) is 99.6 Å². The van der Waals surface area contributed by atoms with Crippen LogP contribution in [0.4, 0.5) is 0 Å². The molecule has 0 N–H and O–H groups in total. The lowest BCUT2D eigenvalue weighted by atomic mass is 10.00. The summed E-state index contributed by atoms with van der Waals surface area (Å²) >= 11 is 0. The summed E-state index contributed by atoms with van der Waals surface area (Å²) in [7, 11) is 0. The van der Waals surface area contributed by atoms with Crippen molar-refractivity contribution in [2.75, 3.05) is 0 Å². The highest BCUT2D eigenvalue weighted by atomic mass is 16.3. The van der Waals surface area contributed by atoms with Crippen LogP contribution in [-0.2, 0) is 0 Å². The molecule has 6 heteroatoms. The Bertz CT molecular complexity index is 3480. The van der Waals surface area contributed by atoms with Crippen molar-refractivity contribution in [3.05, 3.63) is 200 Å². The first-order valence-corrected chi connectivity index (χ1v) is 19.8. The average molecular weight is 756 g/mol. The van der Waals surface area contributed by atoms with Crippen molar-refractivity contribution in [3.8, 4) is 56.7 Å². The van der Waals surface area contributed by atoms with Gasteiger partial charge >= 0.3 is 0 Å².